The van der Waals surface area contributed by atoms with Gasteiger partial charge in [-0.25, -0.2) is 4.98 Å². The van der Waals surface area contributed by atoms with Crippen molar-refractivity contribution >= 4 is 17.5 Å². The monoisotopic (exact) mass is 304 g/mol. The fraction of sp³-hybridized carbons (Fsp3) is 0.333. The molecule has 1 aliphatic rings. The zero-order chi connectivity index (χ0) is 14.8. The van der Waals surface area contributed by atoms with Crippen LogP contribution < -0.4 is 5.32 Å². The summed E-state index contributed by atoms with van der Waals surface area (Å²) in [5.41, 5.74) is 3.06. The van der Waals surface area contributed by atoms with Crippen LogP contribution in [-0.4, -0.2) is 33.9 Å². The van der Waals surface area contributed by atoms with E-state index in [0.717, 1.165) is 17.0 Å². The van der Waals surface area contributed by atoms with E-state index in [4.69, 9.17) is 11.6 Å². The number of nitrogens with one attached hydrogen (secondary N) is 2. The fourth-order valence-electron chi connectivity index (χ4n) is 2.60. The van der Waals surface area contributed by atoms with E-state index in [1.165, 1.54) is 0 Å². The molecule has 2 aromatic rings. The number of carbonyl (C=O) groups is 1. The van der Waals surface area contributed by atoms with Crippen LogP contribution in [0, 0.1) is 0 Å². The fourth-order valence-corrected chi connectivity index (χ4v) is 2.81. The molecule has 2 N–H and O–H groups in total. The largest absolute Gasteiger partial charge is 0.347 e. The maximum absolute atomic E-state index is 12.5. The van der Waals surface area contributed by atoms with Crippen LogP contribution in [0.3, 0.4) is 0 Å². The molecule has 1 amide bonds. The molecule has 0 fully saturated rings. The average Bonchev–Trinajstić information content (AvgIpc) is 2.93. The van der Waals surface area contributed by atoms with Crippen LogP contribution >= 0.6 is 11.6 Å². The summed E-state index contributed by atoms with van der Waals surface area (Å²) in [4.78, 5) is 21.6. The highest BCUT2D eigenvalue weighted by atomic mass is 35.5. The summed E-state index contributed by atoms with van der Waals surface area (Å²) in [6.07, 6.45) is 2.30. The van der Waals surface area contributed by atoms with Gasteiger partial charge in [-0.3, -0.25) is 10.1 Å². The number of hydrogen-bond acceptors (Lipinski definition) is 3. The first kappa shape index (κ1) is 14.1. The van der Waals surface area contributed by atoms with E-state index in [2.05, 4.69) is 15.3 Å². The van der Waals surface area contributed by atoms with Crippen LogP contribution in [0.15, 0.2) is 30.6 Å². The summed E-state index contributed by atoms with van der Waals surface area (Å²) in [5, 5.41) is 3.94. The number of H-pyrrole nitrogens is 1. The number of halogens is 1. The lowest BCUT2D eigenvalue weighted by atomic mass is 10.0. The van der Waals surface area contributed by atoms with Gasteiger partial charge in [0.15, 0.2) is 0 Å². The topological polar surface area (TPSA) is 61.0 Å². The zero-order valence-electron chi connectivity index (χ0n) is 11.8. The van der Waals surface area contributed by atoms with Gasteiger partial charge >= 0.3 is 0 Å². The first-order valence-corrected chi connectivity index (χ1v) is 7.25. The molecule has 0 saturated carbocycles. The average molecular weight is 305 g/mol. The molecule has 0 saturated heterocycles. The Bertz CT molecular complexity index is 655. The highest BCUT2D eigenvalue weighted by molar-refractivity contribution is 6.30. The molecule has 1 unspecified atom stereocenters. The zero-order valence-corrected chi connectivity index (χ0v) is 12.5. The maximum atomic E-state index is 12.5. The summed E-state index contributed by atoms with van der Waals surface area (Å²) in [6, 6.07) is 7.35. The summed E-state index contributed by atoms with van der Waals surface area (Å²) in [7, 11) is 1.81. The van der Waals surface area contributed by atoms with Crippen molar-refractivity contribution in [2.75, 3.05) is 7.05 Å². The van der Waals surface area contributed by atoms with Crippen LogP contribution in [0.2, 0.25) is 5.02 Å². The molecule has 3 rings (SSSR count). The number of hydrogen-bond donors (Lipinski definition) is 2. The lowest BCUT2D eigenvalue weighted by Crippen LogP contribution is -2.48. The van der Waals surface area contributed by atoms with Crippen LogP contribution in [0.25, 0.3) is 0 Å². The SMILES string of the molecule is CN(Cc1cccc(Cl)c1)C(=O)C1Cc2nc[nH]c2CN1. The van der Waals surface area contributed by atoms with Gasteiger partial charge in [-0.15, -0.1) is 0 Å². The van der Waals surface area contributed by atoms with Crippen molar-refractivity contribution in [1.82, 2.24) is 20.2 Å². The first-order valence-electron chi connectivity index (χ1n) is 6.87. The minimum atomic E-state index is -0.218. The summed E-state index contributed by atoms with van der Waals surface area (Å²) in [5.74, 6) is 0.0728. The van der Waals surface area contributed by atoms with E-state index in [1.54, 1.807) is 11.2 Å². The van der Waals surface area contributed by atoms with Crippen molar-refractivity contribution in [2.24, 2.45) is 0 Å². The Morgan fingerprint density at radius 2 is 2.38 bits per heavy atom. The Morgan fingerprint density at radius 1 is 1.52 bits per heavy atom. The minimum Gasteiger partial charge on any atom is -0.347 e. The van der Waals surface area contributed by atoms with Crippen molar-refractivity contribution < 1.29 is 4.79 Å². The van der Waals surface area contributed by atoms with Crippen LogP contribution in [0.1, 0.15) is 17.0 Å². The highest BCUT2D eigenvalue weighted by Gasteiger charge is 2.27. The third-order valence-electron chi connectivity index (χ3n) is 3.71. The number of amides is 1. The summed E-state index contributed by atoms with van der Waals surface area (Å²) >= 11 is 5.97. The maximum Gasteiger partial charge on any atom is 0.240 e. The molecule has 1 aromatic heterocycles. The predicted molar refractivity (Wildman–Crippen MR) is 80.8 cm³/mol. The van der Waals surface area contributed by atoms with Crippen molar-refractivity contribution in [2.45, 2.75) is 25.6 Å². The van der Waals surface area contributed by atoms with Gasteiger partial charge in [0.25, 0.3) is 0 Å². The van der Waals surface area contributed by atoms with E-state index in [0.29, 0.717) is 24.5 Å². The van der Waals surface area contributed by atoms with Crippen LogP contribution in [-0.2, 0) is 24.3 Å². The number of nitrogens with zero attached hydrogens (tertiary/aromatic N) is 2. The molecule has 5 nitrogen and oxygen atoms in total. The molecule has 1 atom stereocenters. The lowest BCUT2D eigenvalue weighted by molar-refractivity contribution is -0.132. The minimum absolute atomic E-state index is 0.0728. The molecule has 21 heavy (non-hydrogen) atoms. The second-order valence-electron chi connectivity index (χ2n) is 5.29. The lowest BCUT2D eigenvalue weighted by Gasteiger charge is -2.27. The van der Waals surface area contributed by atoms with Gasteiger partial charge in [0.05, 0.1) is 23.8 Å². The molecule has 0 aliphatic carbocycles. The Labute approximate surface area is 128 Å². The second-order valence-corrected chi connectivity index (χ2v) is 5.73. The number of likely N-dealkylation sites (N-methyl/N-ethyl adjacent to an activating group) is 1. The van der Waals surface area contributed by atoms with E-state index in [9.17, 15) is 4.79 Å². The molecule has 0 bridgehead atoms. The standard InChI is InChI=1S/C15H17ClN4O/c1-20(8-10-3-2-4-11(16)5-10)15(21)13-6-12-14(7-17-13)19-9-18-12/h2-5,9,13,17H,6-8H2,1H3,(H,18,19). The molecular weight excluding hydrogens is 288 g/mol. The number of carbonyl (C=O) groups excluding carboxylic acids is 1. The van der Waals surface area contributed by atoms with Crippen molar-refractivity contribution in [1.29, 1.82) is 0 Å². The summed E-state index contributed by atoms with van der Waals surface area (Å²) in [6.45, 7) is 1.20. The van der Waals surface area contributed by atoms with Gasteiger partial charge in [0.2, 0.25) is 5.91 Å². The Kier molecular flexibility index (Phi) is 3.94. The van der Waals surface area contributed by atoms with Crippen molar-refractivity contribution in [3.8, 4) is 0 Å². The molecule has 2 heterocycles. The number of fused-ring (bicyclic) bond motifs is 1. The van der Waals surface area contributed by atoms with E-state index >= 15 is 0 Å². The quantitative estimate of drug-likeness (QED) is 0.908. The molecule has 1 aromatic carbocycles. The third kappa shape index (κ3) is 3.09. The Hall–Kier alpha value is -1.85. The smallest absolute Gasteiger partial charge is 0.240 e. The van der Waals surface area contributed by atoms with Gasteiger partial charge in [-0.2, -0.15) is 0 Å². The normalized spacial score (nSPS) is 17.3. The number of benzene rings is 1. The number of rotatable bonds is 3. The van der Waals surface area contributed by atoms with E-state index in [1.807, 2.05) is 31.3 Å². The number of aromatic amines is 1. The molecular formula is C15H17ClN4O. The molecule has 6 heteroatoms. The van der Waals surface area contributed by atoms with Gasteiger partial charge in [-0.05, 0) is 17.7 Å². The van der Waals surface area contributed by atoms with Gasteiger partial charge < -0.3 is 9.88 Å². The number of aromatic nitrogens is 2. The molecule has 0 spiro atoms. The van der Waals surface area contributed by atoms with Crippen molar-refractivity contribution in [3.63, 3.8) is 0 Å². The van der Waals surface area contributed by atoms with Crippen molar-refractivity contribution in [3.05, 3.63) is 52.6 Å². The van der Waals surface area contributed by atoms with Crippen LogP contribution in [0.4, 0.5) is 0 Å². The highest BCUT2D eigenvalue weighted by Crippen LogP contribution is 2.16. The third-order valence-corrected chi connectivity index (χ3v) is 3.95. The van der Waals surface area contributed by atoms with E-state index in [-0.39, 0.29) is 11.9 Å². The predicted octanol–water partition coefficient (Wildman–Crippen LogP) is 1.74. The first-order chi connectivity index (χ1) is 10.1. The Balaban J connectivity index is 1.65. The number of imidazole rings is 1. The van der Waals surface area contributed by atoms with E-state index < -0.39 is 0 Å². The van der Waals surface area contributed by atoms with Crippen LogP contribution in [0.5, 0.6) is 0 Å². The summed E-state index contributed by atoms with van der Waals surface area (Å²) < 4.78 is 0. The molecule has 1 aliphatic heterocycles. The Morgan fingerprint density at radius 3 is 3.19 bits per heavy atom. The molecule has 0 radical (unpaired) electrons. The van der Waals surface area contributed by atoms with Gasteiger partial charge in [-0.1, -0.05) is 23.7 Å². The molecule has 110 valence electrons. The second kappa shape index (κ2) is 5.87. The van der Waals surface area contributed by atoms with Gasteiger partial charge in [0, 0.05) is 31.6 Å². The van der Waals surface area contributed by atoms with Gasteiger partial charge in [0.1, 0.15) is 0 Å².